The Morgan fingerprint density at radius 3 is 2.42 bits per heavy atom. The van der Waals surface area contributed by atoms with Gasteiger partial charge in [0.2, 0.25) is 15.9 Å². The Hall–Kier alpha value is -1.44. The summed E-state index contributed by atoms with van der Waals surface area (Å²) in [6, 6.07) is 3.16. The summed E-state index contributed by atoms with van der Waals surface area (Å²) in [6.07, 6.45) is 1.27. The van der Waals surface area contributed by atoms with Crippen LogP contribution >= 0.6 is 0 Å². The van der Waals surface area contributed by atoms with Gasteiger partial charge in [0.15, 0.2) is 0 Å². The maximum atomic E-state index is 13.4. The first-order valence-corrected chi connectivity index (χ1v) is 10.7. The minimum atomic E-state index is -3.71. The van der Waals surface area contributed by atoms with Crippen LogP contribution in [0.5, 0.6) is 0 Å². The van der Waals surface area contributed by atoms with E-state index in [2.05, 4.69) is 0 Å². The summed E-state index contributed by atoms with van der Waals surface area (Å²) in [4.78, 5) is 15.1. The first kappa shape index (κ1) is 19.3. The summed E-state index contributed by atoms with van der Waals surface area (Å²) in [6.45, 7) is 9.47. The summed E-state index contributed by atoms with van der Waals surface area (Å²) in [5, 5.41) is 0. The molecule has 0 bridgehead atoms. The molecule has 0 saturated carbocycles. The molecule has 2 fully saturated rings. The molecule has 2 atom stereocenters. The average molecular weight is 381 g/mol. The van der Waals surface area contributed by atoms with Crippen molar-refractivity contribution in [2.24, 2.45) is 0 Å². The number of amides is 1. The highest BCUT2D eigenvalue weighted by atomic mass is 32.2. The van der Waals surface area contributed by atoms with E-state index in [0.717, 1.165) is 16.7 Å². The van der Waals surface area contributed by atoms with Crippen molar-refractivity contribution in [2.75, 3.05) is 26.2 Å². The standard InChI is InChI=1S/C19H28N2O4S/c1-13-10-14(2)18(15(3)11-13)26(23,24)21-7-5-6-17(21)19(22)20-8-9-25-16(4)12-20/h10-11,16-17H,5-9,12H2,1-4H3. The van der Waals surface area contributed by atoms with E-state index in [-0.39, 0.29) is 12.0 Å². The number of rotatable bonds is 3. The van der Waals surface area contributed by atoms with Crippen molar-refractivity contribution in [1.82, 2.24) is 9.21 Å². The molecule has 3 rings (SSSR count). The molecule has 26 heavy (non-hydrogen) atoms. The zero-order chi connectivity index (χ0) is 19.1. The van der Waals surface area contributed by atoms with Crippen LogP contribution in [0.1, 0.15) is 36.5 Å². The molecule has 1 aromatic rings. The SMILES string of the molecule is Cc1cc(C)c(S(=O)(=O)N2CCCC2C(=O)N2CCOC(C)C2)c(C)c1. The molecule has 7 heteroatoms. The highest BCUT2D eigenvalue weighted by Crippen LogP contribution is 2.31. The van der Waals surface area contributed by atoms with Gasteiger partial charge in [0.1, 0.15) is 6.04 Å². The van der Waals surface area contributed by atoms with Gasteiger partial charge < -0.3 is 9.64 Å². The first-order valence-electron chi connectivity index (χ1n) is 9.22. The third-order valence-electron chi connectivity index (χ3n) is 5.21. The summed E-state index contributed by atoms with van der Waals surface area (Å²) in [5.41, 5.74) is 2.51. The number of carbonyl (C=O) groups excluding carboxylic acids is 1. The van der Waals surface area contributed by atoms with E-state index in [0.29, 0.717) is 44.0 Å². The van der Waals surface area contributed by atoms with Gasteiger partial charge in [-0.3, -0.25) is 4.79 Å². The first-order chi connectivity index (χ1) is 12.2. The van der Waals surface area contributed by atoms with E-state index in [9.17, 15) is 13.2 Å². The molecular formula is C19H28N2O4S. The highest BCUT2D eigenvalue weighted by molar-refractivity contribution is 7.89. The molecule has 2 aliphatic heterocycles. The molecule has 0 aromatic heterocycles. The van der Waals surface area contributed by atoms with E-state index in [4.69, 9.17) is 4.74 Å². The van der Waals surface area contributed by atoms with Crippen LogP contribution in [0.2, 0.25) is 0 Å². The third kappa shape index (κ3) is 3.52. The van der Waals surface area contributed by atoms with Gasteiger partial charge in [-0.1, -0.05) is 17.7 Å². The Kier molecular flexibility index (Phi) is 5.42. The van der Waals surface area contributed by atoms with E-state index in [1.807, 2.05) is 39.8 Å². The summed E-state index contributed by atoms with van der Waals surface area (Å²) in [7, 11) is -3.71. The van der Waals surface area contributed by atoms with Gasteiger partial charge in [0.05, 0.1) is 17.6 Å². The predicted molar refractivity (Wildman–Crippen MR) is 99.6 cm³/mol. The molecule has 0 spiro atoms. The third-order valence-corrected chi connectivity index (χ3v) is 7.43. The lowest BCUT2D eigenvalue weighted by Gasteiger charge is -2.35. The van der Waals surface area contributed by atoms with Gasteiger partial charge >= 0.3 is 0 Å². The zero-order valence-electron chi connectivity index (χ0n) is 16.0. The largest absolute Gasteiger partial charge is 0.375 e. The summed E-state index contributed by atoms with van der Waals surface area (Å²) >= 11 is 0. The monoisotopic (exact) mass is 380 g/mol. The Bertz CT molecular complexity index is 783. The van der Waals surface area contributed by atoms with Crippen molar-refractivity contribution in [3.63, 3.8) is 0 Å². The van der Waals surface area contributed by atoms with E-state index < -0.39 is 16.1 Å². The lowest BCUT2D eigenvalue weighted by atomic mass is 10.1. The van der Waals surface area contributed by atoms with Crippen molar-refractivity contribution in [3.05, 3.63) is 28.8 Å². The number of carbonyl (C=O) groups is 1. The second kappa shape index (κ2) is 7.29. The lowest BCUT2D eigenvalue weighted by Crippen LogP contribution is -2.52. The van der Waals surface area contributed by atoms with E-state index in [1.54, 1.807) is 4.90 Å². The molecule has 2 unspecified atom stereocenters. The van der Waals surface area contributed by atoms with Crippen LogP contribution in [-0.4, -0.2) is 61.9 Å². The molecule has 2 heterocycles. The molecule has 1 aromatic carbocycles. The van der Waals surface area contributed by atoms with Gasteiger partial charge in [-0.15, -0.1) is 0 Å². The maximum absolute atomic E-state index is 13.4. The number of ether oxygens (including phenoxy) is 1. The molecule has 2 saturated heterocycles. The normalized spacial score (nSPS) is 24.8. The van der Waals surface area contributed by atoms with Crippen LogP contribution in [0.3, 0.4) is 0 Å². The van der Waals surface area contributed by atoms with Gasteiger partial charge in [0.25, 0.3) is 0 Å². The molecular weight excluding hydrogens is 352 g/mol. The van der Waals surface area contributed by atoms with Gasteiger partial charge in [0, 0.05) is 19.6 Å². The number of hydrogen-bond acceptors (Lipinski definition) is 4. The molecule has 0 radical (unpaired) electrons. The Morgan fingerprint density at radius 2 is 1.81 bits per heavy atom. The quantitative estimate of drug-likeness (QED) is 0.805. The van der Waals surface area contributed by atoms with Crippen LogP contribution in [0.25, 0.3) is 0 Å². The van der Waals surface area contributed by atoms with Crippen LogP contribution < -0.4 is 0 Å². The molecule has 6 nitrogen and oxygen atoms in total. The van der Waals surface area contributed by atoms with Crippen molar-refractivity contribution in [1.29, 1.82) is 0 Å². The molecule has 1 amide bonds. The topological polar surface area (TPSA) is 66.9 Å². The smallest absolute Gasteiger partial charge is 0.244 e. The predicted octanol–water partition coefficient (Wildman–Crippen LogP) is 2.01. The fourth-order valence-electron chi connectivity index (χ4n) is 4.19. The highest BCUT2D eigenvalue weighted by Gasteiger charge is 2.42. The number of sulfonamides is 1. The fraction of sp³-hybridized carbons (Fsp3) is 0.632. The number of nitrogens with zero attached hydrogens (tertiary/aromatic N) is 2. The van der Waals surface area contributed by atoms with Crippen LogP contribution in [-0.2, 0) is 19.6 Å². The maximum Gasteiger partial charge on any atom is 0.244 e. The fourth-order valence-corrected chi connectivity index (χ4v) is 6.26. The Morgan fingerprint density at radius 1 is 1.15 bits per heavy atom. The van der Waals surface area contributed by atoms with Crippen LogP contribution in [0, 0.1) is 20.8 Å². The number of aryl methyl sites for hydroxylation is 3. The van der Waals surface area contributed by atoms with Crippen molar-refractivity contribution >= 4 is 15.9 Å². The number of benzene rings is 1. The minimum Gasteiger partial charge on any atom is -0.375 e. The van der Waals surface area contributed by atoms with Gasteiger partial charge in [-0.25, -0.2) is 8.42 Å². The lowest BCUT2D eigenvalue weighted by molar-refractivity contribution is -0.141. The minimum absolute atomic E-state index is 0.0132. The van der Waals surface area contributed by atoms with E-state index >= 15 is 0 Å². The van der Waals surface area contributed by atoms with Gasteiger partial charge in [-0.05, 0) is 51.7 Å². The number of hydrogen-bond donors (Lipinski definition) is 0. The second-order valence-electron chi connectivity index (χ2n) is 7.47. The van der Waals surface area contributed by atoms with Crippen molar-refractivity contribution < 1.29 is 17.9 Å². The number of morpholine rings is 1. The van der Waals surface area contributed by atoms with Crippen molar-refractivity contribution in [3.8, 4) is 0 Å². The molecule has 2 aliphatic rings. The second-order valence-corrected chi connectivity index (χ2v) is 9.29. The van der Waals surface area contributed by atoms with Crippen LogP contribution in [0.15, 0.2) is 17.0 Å². The Balaban J connectivity index is 1.91. The summed E-state index contributed by atoms with van der Waals surface area (Å²) < 4.78 is 33.7. The molecule has 0 N–H and O–H groups in total. The average Bonchev–Trinajstić information content (AvgIpc) is 3.03. The van der Waals surface area contributed by atoms with Gasteiger partial charge in [-0.2, -0.15) is 4.31 Å². The van der Waals surface area contributed by atoms with Crippen LogP contribution in [0.4, 0.5) is 0 Å². The van der Waals surface area contributed by atoms with Crippen molar-refractivity contribution in [2.45, 2.75) is 57.6 Å². The van der Waals surface area contributed by atoms with E-state index in [1.165, 1.54) is 4.31 Å². The molecule has 144 valence electrons. The molecule has 0 aliphatic carbocycles. The zero-order valence-corrected chi connectivity index (χ0v) is 16.8. The summed E-state index contributed by atoms with van der Waals surface area (Å²) in [5.74, 6) is -0.0938. The Labute approximate surface area is 156 Å².